The number of ether oxygens (including phenoxy) is 2. The zero-order valence-electron chi connectivity index (χ0n) is 14.9. The van der Waals surface area contributed by atoms with Crippen molar-refractivity contribution in [1.82, 2.24) is 10.6 Å². The minimum Gasteiger partial charge on any atom is -0.489 e. The minimum atomic E-state index is 0.0373. The van der Waals surface area contributed by atoms with Crippen molar-refractivity contribution in [3.05, 3.63) is 66.2 Å². The Balaban J connectivity index is 1.58. The third-order valence-electron chi connectivity index (χ3n) is 3.51. The van der Waals surface area contributed by atoms with Crippen molar-refractivity contribution < 1.29 is 9.47 Å². The standard InChI is InChI=1S/C20H27N3O2/c1-17(25-19-11-7-4-8-12-19)15-23-20(21-2)22-13-14-24-16-18-9-5-3-6-10-18/h3-12,17H,13-16H2,1-2H3,(H2,21,22,23). The van der Waals surface area contributed by atoms with Crippen LogP contribution in [0.1, 0.15) is 12.5 Å². The van der Waals surface area contributed by atoms with Crippen LogP contribution < -0.4 is 15.4 Å². The highest BCUT2D eigenvalue weighted by molar-refractivity contribution is 5.79. The van der Waals surface area contributed by atoms with E-state index in [-0.39, 0.29) is 6.10 Å². The second-order valence-corrected chi connectivity index (χ2v) is 5.66. The van der Waals surface area contributed by atoms with E-state index in [0.29, 0.717) is 26.3 Å². The Morgan fingerprint density at radius 3 is 2.36 bits per heavy atom. The molecule has 1 atom stereocenters. The summed E-state index contributed by atoms with van der Waals surface area (Å²) in [5.74, 6) is 1.61. The monoisotopic (exact) mass is 341 g/mol. The van der Waals surface area contributed by atoms with E-state index in [1.807, 2.05) is 55.5 Å². The molecule has 0 amide bonds. The molecule has 2 aromatic rings. The molecule has 5 heteroatoms. The zero-order chi connectivity index (χ0) is 17.7. The first-order valence-corrected chi connectivity index (χ1v) is 8.56. The summed E-state index contributed by atoms with van der Waals surface area (Å²) in [4.78, 5) is 4.21. The molecule has 0 aromatic heterocycles. The minimum absolute atomic E-state index is 0.0373. The smallest absolute Gasteiger partial charge is 0.191 e. The predicted molar refractivity (Wildman–Crippen MR) is 102 cm³/mol. The summed E-state index contributed by atoms with van der Waals surface area (Å²) in [5, 5.41) is 6.49. The predicted octanol–water partition coefficient (Wildman–Crippen LogP) is 2.84. The van der Waals surface area contributed by atoms with Crippen molar-refractivity contribution in [3.8, 4) is 5.75 Å². The molecule has 0 aliphatic heterocycles. The van der Waals surface area contributed by atoms with Crippen molar-refractivity contribution >= 4 is 5.96 Å². The van der Waals surface area contributed by atoms with Crippen LogP contribution in [0, 0.1) is 0 Å². The molecule has 5 nitrogen and oxygen atoms in total. The number of hydrogen-bond acceptors (Lipinski definition) is 3. The fourth-order valence-electron chi connectivity index (χ4n) is 2.24. The largest absolute Gasteiger partial charge is 0.489 e. The Bertz CT molecular complexity index is 617. The van der Waals surface area contributed by atoms with Crippen LogP contribution in [-0.4, -0.2) is 38.8 Å². The van der Waals surface area contributed by atoms with Crippen molar-refractivity contribution in [3.63, 3.8) is 0 Å². The van der Waals surface area contributed by atoms with Gasteiger partial charge >= 0.3 is 0 Å². The maximum absolute atomic E-state index is 5.83. The van der Waals surface area contributed by atoms with Crippen molar-refractivity contribution in [2.24, 2.45) is 4.99 Å². The van der Waals surface area contributed by atoms with Crippen LogP contribution in [0.3, 0.4) is 0 Å². The Morgan fingerprint density at radius 1 is 1.00 bits per heavy atom. The molecule has 1 unspecified atom stereocenters. The Kier molecular flexibility index (Phi) is 8.35. The lowest BCUT2D eigenvalue weighted by Crippen LogP contribution is -2.42. The van der Waals surface area contributed by atoms with Gasteiger partial charge in [0.1, 0.15) is 11.9 Å². The number of rotatable bonds is 9. The highest BCUT2D eigenvalue weighted by Crippen LogP contribution is 2.10. The number of aliphatic imine (C=N–C) groups is 1. The topological polar surface area (TPSA) is 54.9 Å². The van der Waals surface area contributed by atoms with E-state index in [1.54, 1.807) is 7.05 Å². The molecule has 0 fully saturated rings. The maximum atomic E-state index is 5.83. The number of guanidine groups is 1. The first kappa shape index (κ1) is 18.8. The molecule has 0 bridgehead atoms. The SMILES string of the molecule is CN=C(NCCOCc1ccccc1)NCC(C)Oc1ccccc1. The molecular weight excluding hydrogens is 314 g/mol. The van der Waals surface area contributed by atoms with E-state index in [2.05, 4.69) is 27.8 Å². The molecule has 0 saturated heterocycles. The van der Waals surface area contributed by atoms with Gasteiger partial charge in [0.15, 0.2) is 5.96 Å². The molecule has 134 valence electrons. The average Bonchev–Trinajstić information content (AvgIpc) is 2.65. The first-order valence-electron chi connectivity index (χ1n) is 8.56. The summed E-state index contributed by atoms with van der Waals surface area (Å²) in [6, 6.07) is 20.0. The van der Waals surface area contributed by atoms with Crippen molar-refractivity contribution in [2.75, 3.05) is 26.7 Å². The molecule has 0 heterocycles. The molecule has 0 saturated carbocycles. The third-order valence-corrected chi connectivity index (χ3v) is 3.51. The molecule has 2 rings (SSSR count). The van der Waals surface area contributed by atoms with E-state index in [9.17, 15) is 0 Å². The van der Waals surface area contributed by atoms with Crippen LogP contribution in [0.15, 0.2) is 65.7 Å². The van der Waals surface area contributed by atoms with Crippen LogP contribution in [0.4, 0.5) is 0 Å². The fourth-order valence-corrected chi connectivity index (χ4v) is 2.24. The first-order chi connectivity index (χ1) is 12.3. The normalized spacial score (nSPS) is 12.5. The van der Waals surface area contributed by atoms with E-state index in [1.165, 1.54) is 5.56 Å². The Labute approximate surface area is 150 Å². The number of para-hydroxylation sites is 1. The number of hydrogen-bond donors (Lipinski definition) is 2. The van der Waals surface area contributed by atoms with Gasteiger partial charge in [-0.25, -0.2) is 0 Å². The van der Waals surface area contributed by atoms with Gasteiger partial charge in [-0.1, -0.05) is 48.5 Å². The second-order valence-electron chi connectivity index (χ2n) is 5.66. The lowest BCUT2D eigenvalue weighted by Gasteiger charge is -2.17. The molecular formula is C20H27N3O2. The van der Waals surface area contributed by atoms with Gasteiger partial charge in [-0.3, -0.25) is 4.99 Å². The van der Waals surface area contributed by atoms with Crippen LogP contribution in [0.2, 0.25) is 0 Å². The average molecular weight is 341 g/mol. The molecule has 0 aliphatic carbocycles. The van der Waals surface area contributed by atoms with Crippen LogP contribution in [-0.2, 0) is 11.3 Å². The summed E-state index contributed by atoms with van der Waals surface area (Å²) in [7, 11) is 1.75. The van der Waals surface area contributed by atoms with Gasteiger partial charge in [0, 0.05) is 13.6 Å². The fraction of sp³-hybridized carbons (Fsp3) is 0.350. The lowest BCUT2D eigenvalue weighted by atomic mass is 10.2. The van der Waals surface area contributed by atoms with Crippen LogP contribution in [0.25, 0.3) is 0 Å². The highest BCUT2D eigenvalue weighted by Gasteiger charge is 2.05. The van der Waals surface area contributed by atoms with Crippen molar-refractivity contribution in [1.29, 1.82) is 0 Å². The zero-order valence-corrected chi connectivity index (χ0v) is 14.9. The number of nitrogens with zero attached hydrogens (tertiary/aromatic N) is 1. The van der Waals surface area contributed by atoms with Gasteiger partial charge < -0.3 is 20.1 Å². The summed E-state index contributed by atoms with van der Waals surface area (Å²) in [5.41, 5.74) is 1.18. The van der Waals surface area contributed by atoms with Gasteiger partial charge in [-0.15, -0.1) is 0 Å². The number of benzene rings is 2. The van der Waals surface area contributed by atoms with Gasteiger partial charge in [-0.2, -0.15) is 0 Å². The van der Waals surface area contributed by atoms with Gasteiger partial charge in [0.2, 0.25) is 0 Å². The summed E-state index contributed by atoms with van der Waals surface area (Å²) < 4.78 is 11.5. The lowest BCUT2D eigenvalue weighted by molar-refractivity contribution is 0.125. The van der Waals surface area contributed by atoms with Crippen LogP contribution >= 0.6 is 0 Å². The summed E-state index contributed by atoms with van der Waals surface area (Å²) in [6.07, 6.45) is 0.0373. The van der Waals surface area contributed by atoms with Crippen molar-refractivity contribution in [2.45, 2.75) is 19.6 Å². The molecule has 2 N–H and O–H groups in total. The van der Waals surface area contributed by atoms with E-state index >= 15 is 0 Å². The van der Waals surface area contributed by atoms with Gasteiger partial charge in [0.25, 0.3) is 0 Å². The summed E-state index contributed by atoms with van der Waals surface area (Å²) in [6.45, 7) is 4.62. The summed E-state index contributed by atoms with van der Waals surface area (Å²) >= 11 is 0. The number of nitrogens with one attached hydrogen (secondary N) is 2. The molecule has 0 spiro atoms. The quantitative estimate of drug-likeness (QED) is 0.418. The Hall–Kier alpha value is -2.53. The maximum Gasteiger partial charge on any atom is 0.191 e. The van der Waals surface area contributed by atoms with E-state index in [0.717, 1.165) is 11.7 Å². The molecule has 25 heavy (non-hydrogen) atoms. The molecule has 0 aliphatic rings. The highest BCUT2D eigenvalue weighted by atomic mass is 16.5. The van der Waals surface area contributed by atoms with Crippen LogP contribution in [0.5, 0.6) is 5.75 Å². The van der Waals surface area contributed by atoms with Gasteiger partial charge in [0.05, 0.1) is 19.8 Å². The third kappa shape index (κ3) is 7.72. The Morgan fingerprint density at radius 2 is 1.68 bits per heavy atom. The van der Waals surface area contributed by atoms with E-state index < -0.39 is 0 Å². The molecule has 2 aromatic carbocycles. The van der Waals surface area contributed by atoms with E-state index in [4.69, 9.17) is 9.47 Å². The molecule has 0 radical (unpaired) electrons. The second kappa shape index (κ2) is 11.1. The van der Waals surface area contributed by atoms with Gasteiger partial charge in [-0.05, 0) is 24.6 Å².